The van der Waals surface area contributed by atoms with E-state index in [9.17, 15) is 0 Å². The molecule has 6 nitrogen and oxygen atoms in total. The predicted molar refractivity (Wildman–Crippen MR) is 178 cm³/mol. The second-order valence-electron chi connectivity index (χ2n) is 10.8. The highest BCUT2D eigenvalue weighted by Gasteiger charge is 2.53. The first-order valence-corrected chi connectivity index (χ1v) is 22.5. The highest BCUT2D eigenvalue weighted by Crippen LogP contribution is 2.47. The van der Waals surface area contributed by atoms with Crippen LogP contribution in [0.2, 0.25) is 0 Å². The number of rotatable bonds is 24. The van der Waals surface area contributed by atoms with E-state index in [4.69, 9.17) is 26.6 Å². The van der Waals surface area contributed by atoms with Crippen molar-refractivity contribution in [2.24, 2.45) is 0 Å². The summed E-state index contributed by atoms with van der Waals surface area (Å²) in [5.74, 6) is 0. The Kier molecular flexibility index (Phi) is 21.7. The van der Waals surface area contributed by atoms with E-state index in [-0.39, 0.29) is 46.4 Å². The van der Waals surface area contributed by atoms with Gasteiger partial charge in [-0.25, -0.2) is 0 Å². The smallest absolute Gasteiger partial charge is 0.370 e. The van der Waals surface area contributed by atoms with Crippen LogP contribution >= 0.6 is 31.4 Å². The van der Waals surface area contributed by atoms with Gasteiger partial charge >= 0.3 is 17.6 Å². The molecule has 0 N–H and O–H groups in total. The van der Waals surface area contributed by atoms with Gasteiger partial charge in [-0.3, -0.25) is 0 Å². The van der Waals surface area contributed by atoms with Crippen LogP contribution in [0.5, 0.6) is 0 Å². The fraction of sp³-hybridized carbons (Fsp3) is 1.00. The lowest BCUT2D eigenvalue weighted by Gasteiger charge is -2.40. The topological polar surface area (TPSA) is 55.4 Å². The fourth-order valence-corrected chi connectivity index (χ4v) is 18.9. The SMILES string of the molecule is CCC(C)O[Si](OC(C)CC)(OC(C)CC)C(C)SSSC(C)[Si](OC(C)CC)(OC(C)CC)OC(C)CC. The third kappa shape index (κ3) is 14.5. The van der Waals surface area contributed by atoms with Crippen LogP contribution in [0.25, 0.3) is 0 Å². The van der Waals surface area contributed by atoms with E-state index in [2.05, 4.69) is 96.9 Å². The molecule has 0 saturated carbocycles. The molecule has 0 amide bonds. The van der Waals surface area contributed by atoms with Gasteiger partial charge in [0, 0.05) is 36.6 Å². The third-order valence-corrected chi connectivity index (χ3v) is 21.2. The Bertz CT molecular complexity index is 511. The molecule has 8 unspecified atom stereocenters. The molecule has 11 heteroatoms. The van der Waals surface area contributed by atoms with Crippen molar-refractivity contribution in [2.45, 2.75) is 182 Å². The van der Waals surface area contributed by atoms with E-state index < -0.39 is 17.6 Å². The molecule has 0 aliphatic carbocycles. The molecule has 0 bridgehead atoms. The van der Waals surface area contributed by atoms with Crippen molar-refractivity contribution in [2.75, 3.05) is 0 Å². The zero-order valence-corrected chi connectivity index (χ0v) is 32.0. The Hall–Kier alpha value is 1.24. The summed E-state index contributed by atoms with van der Waals surface area (Å²) in [6.45, 7) is 30.0. The molecule has 0 aliphatic heterocycles. The van der Waals surface area contributed by atoms with Gasteiger partial charge in [-0.05, 0) is 104 Å². The molecule has 39 heavy (non-hydrogen) atoms. The maximum absolute atomic E-state index is 6.71. The summed E-state index contributed by atoms with van der Waals surface area (Å²) in [5, 5.41) is 0. The van der Waals surface area contributed by atoms with Crippen LogP contribution in [0.15, 0.2) is 0 Å². The molecule has 0 aromatic rings. The second kappa shape index (κ2) is 21.0. The largest absolute Gasteiger partial charge is 0.516 e. The summed E-state index contributed by atoms with van der Waals surface area (Å²) in [6, 6.07) is 0. The van der Waals surface area contributed by atoms with Crippen molar-refractivity contribution in [1.82, 2.24) is 0 Å². The van der Waals surface area contributed by atoms with E-state index in [0.29, 0.717) is 0 Å². The van der Waals surface area contributed by atoms with Gasteiger partial charge in [0.15, 0.2) is 0 Å². The molecule has 0 heterocycles. The zero-order valence-electron chi connectivity index (χ0n) is 27.5. The Morgan fingerprint density at radius 1 is 0.385 bits per heavy atom. The summed E-state index contributed by atoms with van der Waals surface area (Å²) in [7, 11) is -0.721. The summed E-state index contributed by atoms with van der Waals surface area (Å²) >= 11 is 0. The lowest BCUT2D eigenvalue weighted by atomic mass is 10.3. The zero-order chi connectivity index (χ0) is 30.2. The molecule has 0 radical (unpaired) electrons. The molecular weight excluding hydrogens is 585 g/mol. The van der Waals surface area contributed by atoms with Crippen molar-refractivity contribution >= 4 is 49.0 Å². The van der Waals surface area contributed by atoms with E-state index in [0.717, 1.165) is 38.5 Å². The van der Waals surface area contributed by atoms with Crippen LogP contribution in [0, 0.1) is 0 Å². The average molecular weight is 647 g/mol. The van der Waals surface area contributed by atoms with E-state index in [1.165, 1.54) is 0 Å². The minimum atomic E-state index is -3.02. The molecule has 0 aromatic heterocycles. The Morgan fingerprint density at radius 3 is 0.718 bits per heavy atom. The van der Waals surface area contributed by atoms with E-state index in [1.54, 1.807) is 31.4 Å². The molecule has 0 aromatic carbocycles. The minimum absolute atomic E-state index is 0.0525. The number of hydrogen-bond donors (Lipinski definition) is 0. The molecule has 0 spiro atoms. The molecule has 0 rings (SSSR count). The standard InChI is InChI=1S/C28H62O6S3Si2/c1-15-21(7)29-38(30-22(8)16-2,31-23(9)17-3)27(13)35-37-36-28(14)39(32-24(10)18-4,33-25(11)19-5)34-26(12)20-6/h21-28H,15-20H2,1-14H3. The van der Waals surface area contributed by atoms with Gasteiger partial charge in [-0.1, -0.05) is 63.1 Å². The minimum Gasteiger partial charge on any atom is -0.370 e. The molecule has 8 atom stereocenters. The first-order chi connectivity index (χ1) is 18.3. The van der Waals surface area contributed by atoms with Gasteiger partial charge in [0.25, 0.3) is 0 Å². The van der Waals surface area contributed by atoms with Crippen LogP contribution in [0.1, 0.15) is 135 Å². The molecule has 236 valence electrons. The Balaban J connectivity index is 5.99. The van der Waals surface area contributed by atoms with Gasteiger partial charge in [0.2, 0.25) is 0 Å². The lowest BCUT2D eigenvalue weighted by Crippen LogP contribution is -2.58. The average Bonchev–Trinajstić information content (AvgIpc) is 2.91. The van der Waals surface area contributed by atoms with Gasteiger partial charge in [0.1, 0.15) is 0 Å². The van der Waals surface area contributed by atoms with Crippen LogP contribution in [-0.2, 0) is 26.6 Å². The Labute approximate surface area is 256 Å². The monoisotopic (exact) mass is 646 g/mol. The van der Waals surface area contributed by atoms with Crippen molar-refractivity contribution < 1.29 is 26.6 Å². The third-order valence-electron chi connectivity index (χ3n) is 7.01. The van der Waals surface area contributed by atoms with Gasteiger partial charge in [-0.2, -0.15) is 0 Å². The van der Waals surface area contributed by atoms with Crippen molar-refractivity contribution in [3.63, 3.8) is 0 Å². The van der Waals surface area contributed by atoms with Crippen LogP contribution in [0.3, 0.4) is 0 Å². The predicted octanol–water partition coefficient (Wildman–Crippen LogP) is 9.64. The van der Waals surface area contributed by atoms with Crippen LogP contribution in [-0.4, -0.2) is 64.0 Å². The number of hydrogen-bond acceptors (Lipinski definition) is 9. The van der Waals surface area contributed by atoms with Crippen LogP contribution < -0.4 is 0 Å². The highest BCUT2D eigenvalue weighted by atomic mass is 33.5. The molecular formula is C28H62O6S3Si2. The summed E-state index contributed by atoms with van der Waals surface area (Å²) in [5.41, 5.74) is 0. The molecule has 0 fully saturated rings. The highest BCUT2D eigenvalue weighted by molar-refractivity contribution is 9.09. The van der Waals surface area contributed by atoms with Crippen LogP contribution in [0.4, 0.5) is 0 Å². The summed E-state index contributed by atoms with van der Waals surface area (Å²) in [4.78, 5) is 0.105. The van der Waals surface area contributed by atoms with Crippen molar-refractivity contribution in [3.05, 3.63) is 0 Å². The first-order valence-electron chi connectivity index (χ1n) is 15.3. The maximum Gasteiger partial charge on any atom is 0.516 e. The first kappa shape index (κ1) is 40.2. The van der Waals surface area contributed by atoms with E-state index in [1.807, 2.05) is 0 Å². The quantitative estimate of drug-likeness (QED) is 0.0753. The van der Waals surface area contributed by atoms with Gasteiger partial charge in [0.05, 0.1) is 9.75 Å². The van der Waals surface area contributed by atoms with Gasteiger partial charge in [-0.15, -0.1) is 0 Å². The van der Waals surface area contributed by atoms with Crippen molar-refractivity contribution in [1.29, 1.82) is 0 Å². The summed E-state index contributed by atoms with van der Waals surface area (Å²) < 4.78 is 40.2. The second-order valence-corrected chi connectivity index (χ2v) is 21.9. The van der Waals surface area contributed by atoms with E-state index >= 15 is 0 Å². The Morgan fingerprint density at radius 2 is 0.564 bits per heavy atom. The lowest BCUT2D eigenvalue weighted by molar-refractivity contribution is -0.0120. The van der Waals surface area contributed by atoms with Crippen molar-refractivity contribution in [3.8, 4) is 0 Å². The fourth-order valence-electron chi connectivity index (χ4n) is 3.18. The normalized spacial score (nSPS) is 21.7. The van der Waals surface area contributed by atoms with Gasteiger partial charge < -0.3 is 26.6 Å². The maximum atomic E-state index is 6.71. The summed E-state index contributed by atoms with van der Waals surface area (Å²) in [6.07, 6.45) is 5.92. The molecule has 0 aliphatic rings. The molecule has 0 saturated heterocycles.